The predicted molar refractivity (Wildman–Crippen MR) is 143 cm³/mol. The van der Waals surface area contributed by atoms with Crippen LogP contribution in [0.5, 0.6) is 0 Å². The molecule has 7 nitrogen and oxygen atoms in total. The number of anilines is 2. The number of amides is 1. The molecular formula is C27H30F2N5O2P. The van der Waals surface area contributed by atoms with E-state index >= 15 is 4.39 Å². The fraction of sp³-hybridized carbons (Fsp3) is 0.370. The SMILES string of the molecule is CC1CC(N)CC(c2ccncc2NC(=O)c2nc(-c3c(F)cc(C4COC4)cc3P)c(F)cc2N)C1. The summed E-state index contributed by atoms with van der Waals surface area (Å²) in [6.45, 7) is 3.20. The van der Waals surface area contributed by atoms with E-state index in [0.717, 1.165) is 36.5 Å². The highest BCUT2D eigenvalue weighted by Crippen LogP contribution is 2.38. The lowest BCUT2D eigenvalue weighted by Crippen LogP contribution is -2.31. The average Bonchev–Trinajstić information content (AvgIpc) is 2.78. The molecule has 2 aliphatic rings. The zero-order chi connectivity index (χ0) is 26.3. The van der Waals surface area contributed by atoms with Gasteiger partial charge < -0.3 is 21.5 Å². The zero-order valence-corrected chi connectivity index (χ0v) is 21.7. The number of nitrogens with one attached hydrogen (secondary N) is 1. The molecule has 0 bridgehead atoms. The Kier molecular flexibility index (Phi) is 7.21. The minimum absolute atomic E-state index is 0.0345. The highest BCUT2D eigenvalue weighted by atomic mass is 31.0. The van der Waals surface area contributed by atoms with Gasteiger partial charge in [-0.05, 0) is 59.7 Å². The van der Waals surface area contributed by atoms with Crippen molar-refractivity contribution >= 4 is 31.8 Å². The second kappa shape index (κ2) is 10.4. The van der Waals surface area contributed by atoms with Crippen LogP contribution in [0.25, 0.3) is 11.3 Å². The number of pyridine rings is 2. The molecule has 1 saturated heterocycles. The van der Waals surface area contributed by atoms with Crippen molar-refractivity contribution < 1.29 is 18.3 Å². The summed E-state index contributed by atoms with van der Waals surface area (Å²) in [5.74, 6) is -1.35. The Morgan fingerprint density at radius 3 is 2.59 bits per heavy atom. The van der Waals surface area contributed by atoms with Crippen molar-refractivity contribution in [2.24, 2.45) is 11.7 Å². The molecule has 4 atom stereocenters. The van der Waals surface area contributed by atoms with Gasteiger partial charge in [0.2, 0.25) is 0 Å². The molecule has 194 valence electrons. The Hall–Kier alpha value is -3.00. The summed E-state index contributed by atoms with van der Waals surface area (Å²) in [6, 6.07) is 6.10. The van der Waals surface area contributed by atoms with Crippen LogP contribution in [0.4, 0.5) is 20.2 Å². The van der Waals surface area contributed by atoms with Gasteiger partial charge >= 0.3 is 0 Å². The minimum Gasteiger partial charge on any atom is -0.397 e. The topological polar surface area (TPSA) is 116 Å². The van der Waals surface area contributed by atoms with Crippen molar-refractivity contribution in [1.29, 1.82) is 0 Å². The minimum atomic E-state index is -0.816. The lowest BCUT2D eigenvalue weighted by molar-refractivity contribution is 0.00836. The first-order valence-corrected chi connectivity index (χ1v) is 12.9. The molecule has 1 saturated carbocycles. The highest BCUT2D eigenvalue weighted by molar-refractivity contribution is 7.28. The molecule has 2 aromatic heterocycles. The number of nitrogens with zero attached hydrogens (tertiary/aromatic N) is 2. The van der Waals surface area contributed by atoms with Crippen molar-refractivity contribution in [2.75, 3.05) is 24.3 Å². The number of rotatable bonds is 5. The molecule has 1 amide bonds. The summed E-state index contributed by atoms with van der Waals surface area (Å²) in [7, 11) is 2.43. The third-order valence-electron chi connectivity index (χ3n) is 7.23. The van der Waals surface area contributed by atoms with Crippen LogP contribution in [-0.4, -0.2) is 35.1 Å². The second-order valence-corrected chi connectivity index (χ2v) is 10.8. The summed E-state index contributed by atoms with van der Waals surface area (Å²) in [4.78, 5) is 21.7. The Morgan fingerprint density at radius 2 is 1.92 bits per heavy atom. The lowest BCUT2D eigenvalue weighted by Gasteiger charge is -2.32. The van der Waals surface area contributed by atoms with Gasteiger partial charge in [-0.1, -0.05) is 13.0 Å². The third kappa shape index (κ3) is 5.21. The van der Waals surface area contributed by atoms with Gasteiger partial charge in [0, 0.05) is 29.8 Å². The van der Waals surface area contributed by atoms with E-state index in [9.17, 15) is 9.18 Å². The highest BCUT2D eigenvalue weighted by Gasteiger charge is 2.29. The number of carbonyl (C=O) groups is 1. The zero-order valence-electron chi connectivity index (χ0n) is 20.5. The number of aromatic nitrogens is 2. The van der Waals surface area contributed by atoms with Crippen LogP contribution in [0.1, 0.15) is 59.6 Å². The number of nitrogen functional groups attached to an aromatic ring is 1. The van der Waals surface area contributed by atoms with Crippen molar-refractivity contribution in [2.45, 2.75) is 44.1 Å². The monoisotopic (exact) mass is 525 g/mol. The van der Waals surface area contributed by atoms with E-state index in [1.807, 2.05) is 6.07 Å². The van der Waals surface area contributed by atoms with Crippen LogP contribution in [0.3, 0.4) is 0 Å². The van der Waals surface area contributed by atoms with Crippen LogP contribution in [0, 0.1) is 17.6 Å². The van der Waals surface area contributed by atoms with Gasteiger partial charge in [0.25, 0.3) is 5.91 Å². The maximum absolute atomic E-state index is 15.2. The fourth-order valence-electron chi connectivity index (χ4n) is 5.38. The number of nitrogens with two attached hydrogens (primary N) is 2. The number of benzene rings is 1. The summed E-state index contributed by atoms with van der Waals surface area (Å²) < 4.78 is 35.4. The smallest absolute Gasteiger partial charge is 0.276 e. The van der Waals surface area contributed by atoms with E-state index in [1.54, 1.807) is 18.5 Å². The molecule has 1 aliphatic carbocycles. The quantitative estimate of drug-likeness (QED) is 0.432. The van der Waals surface area contributed by atoms with E-state index < -0.39 is 17.5 Å². The van der Waals surface area contributed by atoms with Crippen molar-refractivity contribution in [3.8, 4) is 11.3 Å². The molecule has 5 rings (SSSR count). The molecule has 3 aromatic rings. The molecule has 0 spiro atoms. The van der Waals surface area contributed by atoms with E-state index in [2.05, 4.69) is 31.4 Å². The van der Waals surface area contributed by atoms with E-state index in [1.165, 1.54) is 6.07 Å². The number of halogens is 2. The number of carbonyl (C=O) groups excluding carboxylic acids is 1. The molecule has 10 heteroatoms. The van der Waals surface area contributed by atoms with Gasteiger partial charge in [0.15, 0.2) is 11.5 Å². The molecule has 1 aromatic carbocycles. The molecule has 1 aliphatic heterocycles. The molecule has 37 heavy (non-hydrogen) atoms. The fourth-order valence-corrected chi connectivity index (χ4v) is 5.85. The van der Waals surface area contributed by atoms with Gasteiger partial charge in [-0.15, -0.1) is 9.24 Å². The van der Waals surface area contributed by atoms with Gasteiger partial charge in [0.05, 0.1) is 30.8 Å². The molecule has 4 unspecified atom stereocenters. The molecule has 0 radical (unpaired) electrons. The van der Waals surface area contributed by atoms with Crippen LogP contribution in [0.15, 0.2) is 36.7 Å². The first kappa shape index (κ1) is 25.6. The Morgan fingerprint density at radius 1 is 1.14 bits per heavy atom. The maximum Gasteiger partial charge on any atom is 0.276 e. The number of hydrogen-bond acceptors (Lipinski definition) is 6. The Labute approximate surface area is 216 Å². The largest absolute Gasteiger partial charge is 0.397 e. The standard InChI is InChI=1S/C27H30F2N5O2P/c1-13-4-15(6-17(30)5-13)18-2-3-32-10-22(18)33-27(35)26-21(31)9-20(29)25(34-26)24-19(28)7-14(8-23(24)37)16-11-36-12-16/h2-3,7-10,13,15-17H,4-6,11-12,30-31,37H2,1H3,(H,33,35). The Bertz CT molecular complexity index is 1320. The Balaban J connectivity index is 1.46. The van der Waals surface area contributed by atoms with Crippen LogP contribution in [0.2, 0.25) is 0 Å². The van der Waals surface area contributed by atoms with E-state index in [4.69, 9.17) is 16.2 Å². The van der Waals surface area contributed by atoms with Gasteiger partial charge in [-0.25, -0.2) is 13.8 Å². The van der Waals surface area contributed by atoms with Gasteiger partial charge in [0.1, 0.15) is 11.5 Å². The van der Waals surface area contributed by atoms with E-state index in [0.29, 0.717) is 30.1 Å². The summed E-state index contributed by atoms with van der Waals surface area (Å²) in [5, 5.41) is 3.27. The van der Waals surface area contributed by atoms with Crippen LogP contribution >= 0.6 is 9.24 Å². The van der Waals surface area contributed by atoms with Gasteiger partial charge in [-0.3, -0.25) is 9.78 Å². The summed E-state index contributed by atoms with van der Waals surface area (Å²) in [6.07, 6.45) is 5.97. The van der Waals surface area contributed by atoms with Crippen molar-refractivity contribution in [3.05, 3.63) is 65.1 Å². The normalized spacial score (nSPS) is 21.9. The predicted octanol–water partition coefficient (Wildman–Crippen LogP) is 4.10. The number of ether oxygens (including phenoxy) is 1. The van der Waals surface area contributed by atoms with Crippen LogP contribution < -0.4 is 22.1 Å². The molecule has 2 fully saturated rings. The van der Waals surface area contributed by atoms with Crippen LogP contribution in [-0.2, 0) is 4.74 Å². The molecule has 3 heterocycles. The second-order valence-electron chi connectivity index (χ2n) is 10.1. The molecule has 5 N–H and O–H groups in total. The average molecular weight is 526 g/mol. The lowest BCUT2D eigenvalue weighted by atomic mass is 9.76. The van der Waals surface area contributed by atoms with Gasteiger partial charge in [-0.2, -0.15) is 0 Å². The van der Waals surface area contributed by atoms with Crippen molar-refractivity contribution in [1.82, 2.24) is 9.97 Å². The first-order chi connectivity index (χ1) is 17.7. The summed E-state index contributed by atoms with van der Waals surface area (Å²) in [5.41, 5.74) is 13.8. The third-order valence-corrected chi connectivity index (χ3v) is 7.69. The first-order valence-electron chi connectivity index (χ1n) is 12.3. The number of hydrogen-bond donors (Lipinski definition) is 3. The van der Waals surface area contributed by atoms with Crippen molar-refractivity contribution in [3.63, 3.8) is 0 Å². The molecular weight excluding hydrogens is 495 g/mol. The van der Waals surface area contributed by atoms with E-state index in [-0.39, 0.29) is 40.5 Å². The maximum atomic E-state index is 15.2. The summed E-state index contributed by atoms with van der Waals surface area (Å²) >= 11 is 0.